The molecule has 30 heavy (non-hydrogen) atoms. The fraction of sp³-hybridized carbons (Fsp3) is 0.316. The summed E-state index contributed by atoms with van der Waals surface area (Å²) in [6.07, 6.45) is -4.59. The highest BCUT2D eigenvalue weighted by Gasteiger charge is 2.46. The van der Waals surface area contributed by atoms with Crippen LogP contribution in [-0.2, 0) is 11.6 Å². The van der Waals surface area contributed by atoms with Crippen LogP contribution < -0.4 is 11.1 Å². The van der Waals surface area contributed by atoms with Gasteiger partial charge in [0.25, 0.3) is 0 Å². The van der Waals surface area contributed by atoms with Crippen molar-refractivity contribution in [1.29, 1.82) is 0 Å². The number of hydrogen-bond donors (Lipinski definition) is 2. The second-order valence-electron chi connectivity index (χ2n) is 7.42. The normalized spacial score (nSPS) is 15.8. The van der Waals surface area contributed by atoms with E-state index >= 15 is 0 Å². The molecule has 3 heterocycles. The minimum Gasteiger partial charge on any atom is -0.369 e. The third kappa shape index (κ3) is 3.51. The third-order valence-electron chi connectivity index (χ3n) is 5.21. The first-order valence-electron chi connectivity index (χ1n) is 9.06. The van der Waals surface area contributed by atoms with Crippen molar-refractivity contribution >= 4 is 17.5 Å². The molecule has 0 unspecified atom stereocenters. The molecule has 0 bridgehead atoms. The average molecular weight is 422 g/mol. The second kappa shape index (κ2) is 6.85. The van der Waals surface area contributed by atoms with Crippen LogP contribution in [0.2, 0.25) is 0 Å². The SMILES string of the molecule is Cc1cc(NCC2(c3ccc(F)cc3)CN(C(N)=O)C2)n2nc(C(F)(F)F)cc2n1. The van der Waals surface area contributed by atoms with Gasteiger partial charge in [0.15, 0.2) is 11.3 Å². The summed E-state index contributed by atoms with van der Waals surface area (Å²) in [5, 5.41) is 6.76. The molecule has 3 aromatic rings. The first-order chi connectivity index (χ1) is 14.1. The molecule has 1 aromatic carbocycles. The number of rotatable bonds is 4. The van der Waals surface area contributed by atoms with Gasteiger partial charge in [0.2, 0.25) is 0 Å². The molecule has 0 radical (unpaired) electrons. The number of nitrogens with one attached hydrogen (secondary N) is 1. The molecule has 1 saturated heterocycles. The number of fused-ring (bicyclic) bond motifs is 1. The van der Waals surface area contributed by atoms with Crippen LogP contribution in [0.4, 0.5) is 28.2 Å². The lowest BCUT2D eigenvalue weighted by molar-refractivity contribution is -0.141. The Morgan fingerprint density at radius 2 is 1.90 bits per heavy atom. The smallest absolute Gasteiger partial charge is 0.369 e. The highest BCUT2D eigenvalue weighted by molar-refractivity contribution is 5.74. The molecule has 2 aromatic heterocycles. The van der Waals surface area contributed by atoms with E-state index in [9.17, 15) is 22.4 Å². The zero-order chi connectivity index (χ0) is 21.7. The molecule has 7 nitrogen and oxygen atoms in total. The number of carbonyl (C=O) groups excluding carboxylic acids is 1. The second-order valence-corrected chi connectivity index (χ2v) is 7.42. The number of nitrogens with two attached hydrogens (primary N) is 1. The van der Waals surface area contributed by atoms with E-state index in [0.717, 1.165) is 16.1 Å². The lowest BCUT2D eigenvalue weighted by Crippen LogP contribution is -2.65. The Labute approximate surface area is 168 Å². The molecule has 2 amide bonds. The first kappa shape index (κ1) is 19.9. The molecule has 0 saturated carbocycles. The Balaban J connectivity index is 1.66. The van der Waals surface area contributed by atoms with Crippen LogP contribution in [0.5, 0.6) is 0 Å². The summed E-state index contributed by atoms with van der Waals surface area (Å²) in [4.78, 5) is 17.0. The summed E-state index contributed by atoms with van der Waals surface area (Å²) in [5.74, 6) is -0.0670. The highest BCUT2D eigenvalue weighted by Crippen LogP contribution is 2.35. The Hall–Kier alpha value is -3.37. The molecular formula is C19H18F4N6O. The summed E-state index contributed by atoms with van der Waals surface area (Å²) in [5.41, 5.74) is 5.09. The van der Waals surface area contributed by atoms with Gasteiger partial charge in [-0.15, -0.1) is 0 Å². The van der Waals surface area contributed by atoms with Crippen LogP contribution in [0.25, 0.3) is 5.65 Å². The molecule has 158 valence electrons. The first-order valence-corrected chi connectivity index (χ1v) is 9.06. The molecule has 0 aliphatic carbocycles. The Morgan fingerprint density at radius 1 is 1.23 bits per heavy atom. The third-order valence-corrected chi connectivity index (χ3v) is 5.21. The Bertz CT molecular complexity index is 1100. The van der Waals surface area contributed by atoms with Gasteiger partial charge >= 0.3 is 12.2 Å². The number of halogens is 4. The minimum absolute atomic E-state index is 0.0630. The topological polar surface area (TPSA) is 88.5 Å². The van der Waals surface area contributed by atoms with E-state index in [0.29, 0.717) is 24.6 Å². The maximum Gasteiger partial charge on any atom is 0.435 e. The van der Waals surface area contributed by atoms with Gasteiger partial charge in [-0.3, -0.25) is 0 Å². The van der Waals surface area contributed by atoms with Gasteiger partial charge < -0.3 is 16.0 Å². The molecular weight excluding hydrogens is 404 g/mol. The number of amides is 2. The molecule has 3 N–H and O–H groups in total. The zero-order valence-electron chi connectivity index (χ0n) is 15.9. The zero-order valence-corrected chi connectivity index (χ0v) is 15.9. The number of nitrogens with zero attached hydrogens (tertiary/aromatic N) is 4. The number of likely N-dealkylation sites (tertiary alicyclic amines) is 1. The monoisotopic (exact) mass is 422 g/mol. The lowest BCUT2D eigenvalue weighted by Gasteiger charge is -2.50. The number of hydrogen-bond acceptors (Lipinski definition) is 4. The van der Waals surface area contributed by atoms with Gasteiger partial charge in [-0.25, -0.2) is 14.2 Å². The number of aryl methyl sites for hydroxylation is 1. The molecule has 0 spiro atoms. The number of carbonyl (C=O) groups is 1. The van der Waals surface area contributed by atoms with Crippen LogP contribution >= 0.6 is 0 Å². The van der Waals surface area contributed by atoms with E-state index in [1.54, 1.807) is 25.1 Å². The van der Waals surface area contributed by atoms with E-state index in [4.69, 9.17) is 5.73 Å². The molecule has 0 atom stereocenters. The summed E-state index contributed by atoms with van der Waals surface area (Å²) in [6.45, 7) is 2.52. The van der Waals surface area contributed by atoms with Crippen LogP contribution in [0.15, 0.2) is 36.4 Å². The van der Waals surface area contributed by atoms with Gasteiger partial charge in [0.1, 0.15) is 11.6 Å². The average Bonchev–Trinajstić information content (AvgIpc) is 3.06. The van der Waals surface area contributed by atoms with Crippen molar-refractivity contribution in [2.45, 2.75) is 18.5 Å². The summed E-state index contributed by atoms with van der Waals surface area (Å²) in [7, 11) is 0. The number of urea groups is 1. The molecule has 1 fully saturated rings. The van der Waals surface area contributed by atoms with Gasteiger partial charge in [-0.05, 0) is 24.6 Å². The van der Waals surface area contributed by atoms with Crippen LogP contribution in [0.1, 0.15) is 17.0 Å². The summed E-state index contributed by atoms with van der Waals surface area (Å²) < 4.78 is 53.7. The van der Waals surface area contributed by atoms with Gasteiger partial charge in [0.05, 0.1) is 0 Å². The summed E-state index contributed by atoms with van der Waals surface area (Å²) in [6, 6.07) is 7.78. The number of aromatic nitrogens is 3. The molecule has 1 aliphatic rings. The lowest BCUT2D eigenvalue weighted by atomic mass is 9.73. The molecule has 11 heteroatoms. The fourth-order valence-corrected chi connectivity index (χ4v) is 3.66. The maximum absolute atomic E-state index is 13.4. The van der Waals surface area contributed by atoms with Crippen molar-refractivity contribution in [2.24, 2.45) is 5.73 Å². The largest absolute Gasteiger partial charge is 0.435 e. The van der Waals surface area contributed by atoms with Crippen LogP contribution in [-0.4, -0.2) is 45.2 Å². The van der Waals surface area contributed by atoms with Crippen molar-refractivity contribution in [3.8, 4) is 0 Å². The quantitative estimate of drug-likeness (QED) is 0.633. The van der Waals surface area contributed by atoms with E-state index in [1.807, 2.05) is 0 Å². The van der Waals surface area contributed by atoms with E-state index < -0.39 is 29.1 Å². The Kier molecular flexibility index (Phi) is 4.55. The van der Waals surface area contributed by atoms with Crippen LogP contribution in [0.3, 0.4) is 0 Å². The van der Waals surface area contributed by atoms with Gasteiger partial charge in [-0.2, -0.15) is 22.8 Å². The van der Waals surface area contributed by atoms with Crippen molar-refractivity contribution in [3.63, 3.8) is 0 Å². The molecule has 1 aliphatic heterocycles. The number of benzene rings is 1. The van der Waals surface area contributed by atoms with Crippen LogP contribution in [0, 0.1) is 12.7 Å². The highest BCUT2D eigenvalue weighted by atomic mass is 19.4. The maximum atomic E-state index is 13.4. The number of alkyl halides is 3. The summed E-state index contributed by atoms with van der Waals surface area (Å²) >= 11 is 0. The number of anilines is 1. The predicted molar refractivity (Wildman–Crippen MR) is 100 cm³/mol. The predicted octanol–water partition coefficient (Wildman–Crippen LogP) is 2.94. The van der Waals surface area contributed by atoms with Crippen molar-refractivity contribution in [2.75, 3.05) is 25.0 Å². The molecule has 4 rings (SSSR count). The van der Waals surface area contributed by atoms with E-state index in [2.05, 4.69) is 15.4 Å². The van der Waals surface area contributed by atoms with E-state index in [1.165, 1.54) is 17.0 Å². The standard InChI is InChI=1S/C19H18F4N6O/c1-11-6-15(29-16(26-11)7-14(27-29)19(21,22)23)25-8-18(9-28(10-18)17(24)30)12-2-4-13(20)5-3-12/h2-7,25H,8-10H2,1H3,(H2,24,30). The fourth-order valence-electron chi connectivity index (χ4n) is 3.66. The van der Waals surface area contributed by atoms with Crippen molar-refractivity contribution in [3.05, 3.63) is 59.2 Å². The van der Waals surface area contributed by atoms with Crippen molar-refractivity contribution < 1.29 is 22.4 Å². The van der Waals surface area contributed by atoms with Crippen molar-refractivity contribution in [1.82, 2.24) is 19.5 Å². The Morgan fingerprint density at radius 3 is 2.50 bits per heavy atom. The van der Waals surface area contributed by atoms with Gasteiger partial charge in [0, 0.05) is 42.9 Å². The van der Waals surface area contributed by atoms with E-state index in [-0.39, 0.29) is 12.2 Å². The minimum atomic E-state index is -4.59. The number of primary amides is 1. The van der Waals surface area contributed by atoms with Gasteiger partial charge in [-0.1, -0.05) is 12.1 Å².